The van der Waals surface area contributed by atoms with Crippen molar-refractivity contribution in [1.29, 1.82) is 0 Å². The van der Waals surface area contributed by atoms with E-state index in [9.17, 15) is 19.5 Å². The number of ketones is 2. The summed E-state index contributed by atoms with van der Waals surface area (Å²) in [5.41, 5.74) is -0.0454. The zero-order valence-electron chi connectivity index (χ0n) is 14.8. The van der Waals surface area contributed by atoms with Crippen LogP contribution in [0.5, 0.6) is 0 Å². The number of carbonyl (C=O) groups is 3. The van der Waals surface area contributed by atoms with Crippen LogP contribution in [-0.2, 0) is 22.4 Å². The third-order valence-corrected chi connectivity index (χ3v) is 3.83. The van der Waals surface area contributed by atoms with Crippen LogP contribution in [0, 0.1) is 10.8 Å². The number of carboxylic acids is 1. The standard InChI is InChI=1S/C19H26O4/c1-18(2,3)14(20)10-12-8-7-9-13(16(12)17(22)23)11-15(21)19(4,5)6/h7-9H,10-11H2,1-6H3,(H,22,23). The van der Waals surface area contributed by atoms with Gasteiger partial charge in [0.25, 0.3) is 0 Å². The summed E-state index contributed by atoms with van der Waals surface area (Å²) in [6.07, 6.45) is 0.116. The molecule has 4 heteroatoms. The Kier molecular flexibility index (Phi) is 5.51. The van der Waals surface area contributed by atoms with Crippen LogP contribution in [0.4, 0.5) is 0 Å². The van der Waals surface area contributed by atoms with Gasteiger partial charge in [-0.2, -0.15) is 0 Å². The number of carboxylic acid groups (broad SMARTS) is 1. The molecule has 0 amide bonds. The molecule has 0 saturated heterocycles. The van der Waals surface area contributed by atoms with Gasteiger partial charge >= 0.3 is 5.97 Å². The molecule has 4 nitrogen and oxygen atoms in total. The van der Waals surface area contributed by atoms with Gasteiger partial charge in [-0.05, 0) is 11.1 Å². The topological polar surface area (TPSA) is 71.4 Å². The average Bonchev–Trinajstić information content (AvgIpc) is 2.36. The second kappa shape index (κ2) is 6.65. The van der Waals surface area contributed by atoms with E-state index in [0.717, 1.165) is 0 Å². The molecule has 0 fully saturated rings. The second-order valence-corrected chi connectivity index (χ2v) is 7.96. The lowest BCUT2D eigenvalue weighted by atomic mass is 9.83. The highest BCUT2D eigenvalue weighted by Crippen LogP contribution is 2.24. The smallest absolute Gasteiger partial charge is 0.336 e. The first-order chi connectivity index (χ1) is 10.3. The fourth-order valence-corrected chi connectivity index (χ4v) is 2.10. The van der Waals surface area contributed by atoms with Crippen LogP contribution in [0.15, 0.2) is 18.2 Å². The van der Waals surface area contributed by atoms with Crippen LogP contribution >= 0.6 is 0 Å². The molecule has 0 aliphatic carbocycles. The molecule has 0 aliphatic rings. The van der Waals surface area contributed by atoms with Gasteiger partial charge in [0.2, 0.25) is 0 Å². The lowest BCUT2D eigenvalue weighted by Gasteiger charge is -2.20. The number of Topliss-reactive ketones (excluding diaryl/α,β-unsaturated/α-hetero) is 2. The normalized spacial score (nSPS) is 12.1. The van der Waals surface area contributed by atoms with E-state index < -0.39 is 16.8 Å². The van der Waals surface area contributed by atoms with Crippen LogP contribution < -0.4 is 0 Å². The predicted octanol–water partition coefficient (Wildman–Crippen LogP) is 3.70. The summed E-state index contributed by atoms with van der Waals surface area (Å²) in [5, 5.41) is 9.56. The summed E-state index contributed by atoms with van der Waals surface area (Å²) in [5.74, 6) is -1.15. The van der Waals surface area contributed by atoms with E-state index in [1.54, 1.807) is 18.2 Å². The first kappa shape index (κ1) is 19.1. The summed E-state index contributed by atoms with van der Waals surface area (Å²) in [6, 6.07) is 5.01. The number of benzene rings is 1. The van der Waals surface area contributed by atoms with E-state index in [-0.39, 0.29) is 30.0 Å². The molecule has 0 radical (unpaired) electrons. The third kappa shape index (κ3) is 5.02. The predicted molar refractivity (Wildman–Crippen MR) is 89.7 cm³/mol. The van der Waals surface area contributed by atoms with Gasteiger partial charge in [0.1, 0.15) is 11.6 Å². The van der Waals surface area contributed by atoms with E-state index >= 15 is 0 Å². The van der Waals surface area contributed by atoms with Gasteiger partial charge < -0.3 is 5.11 Å². The molecule has 1 rings (SSSR count). The van der Waals surface area contributed by atoms with Gasteiger partial charge in [0, 0.05) is 23.7 Å². The van der Waals surface area contributed by atoms with E-state index in [0.29, 0.717) is 11.1 Å². The molecule has 0 aromatic heterocycles. The number of hydrogen-bond donors (Lipinski definition) is 1. The summed E-state index contributed by atoms with van der Waals surface area (Å²) in [7, 11) is 0. The molecule has 0 atom stereocenters. The SMILES string of the molecule is CC(C)(C)C(=O)Cc1cccc(CC(=O)C(C)(C)C)c1C(=O)O. The molecular weight excluding hydrogens is 292 g/mol. The summed E-state index contributed by atoms with van der Waals surface area (Å²) in [4.78, 5) is 36.2. The third-order valence-electron chi connectivity index (χ3n) is 3.83. The number of rotatable bonds is 5. The average molecular weight is 318 g/mol. The molecule has 0 aliphatic heterocycles. The lowest BCUT2D eigenvalue weighted by molar-refractivity contribution is -0.126. The van der Waals surface area contributed by atoms with Crippen molar-refractivity contribution in [1.82, 2.24) is 0 Å². The van der Waals surface area contributed by atoms with E-state index in [4.69, 9.17) is 0 Å². The van der Waals surface area contributed by atoms with Crippen LogP contribution in [-0.4, -0.2) is 22.6 Å². The van der Waals surface area contributed by atoms with Crippen molar-refractivity contribution in [3.8, 4) is 0 Å². The van der Waals surface area contributed by atoms with Gasteiger partial charge in [0.15, 0.2) is 0 Å². The Bertz CT molecular complexity index is 582. The van der Waals surface area contributed by atoms with Crippen LogP contribution in [0.25, 0.3) is 0 Å². The van der Waals surface area contributed by atoms with Crippen molar-refractivity contribution in [2.24, 2.45) is 10.8 Å². The molecule has 1 aromatic carbocycles. The minimum Gasteiger partial charge on any atom is -0.478 e. The van der Waals surface area contributed by atoms with Crippen molar-refractivity contribution in [2.75, 3.05) is 0 Å². The lowest BCUT2D eigenvalue weighted by Crippen LogP contribution is -2.25. The Hall–Kier alpha value is -1.97. The maximum atomic E-state index is 12.2. The Morgan fingerprint density at radius 1 is 0.826 bits per heavy atom. The highest BCUT2D eigenvalue weighted by molar-refractivity contribution is 5.96. The zero-order valence-corrected chi connectivity index (χ0v) is 14.8. The largest absolute Gasteiger partial charge is 0.478 e. The van der Waals surface area contributed by atoms with Gasteiger partial charge in [-0.15, -0.1) is 0 Å². The fraction of sp³-hybridized carbons (Fsp3) is 0.526. The van der Waals surface area contributed by atoms with E-state index in [1.165, 1.54) is 0 Å². The van der Waals surface area contributed by atoms with Crippen molar-refractivity contribution in [3.05, 3.63) is 34.9 Å². The molecule has 126 valence electrons. The van der Waals surface area contributed by atoms with Crippen molar-refractivity contribution in [3.63, 3.8) is 0 Å². The second-order valence-electron chi connectivity index (χ2n) is 7.96. The molecule has 0 unspecified atom stereocenters. The van der Waals surface area contributed by atoms with E-state index in [2.05, 4.69) is 0 Å². The van der Waals surface area contributed by atoms with Gasteiger partial charge in [0.05, 0.1) is 5.56 Å². The maximum Gasteiger partial charge on any atom is 0.336 e. The fourth-order valence-electron chi connectivity index (χ4n) is 2.10. The first-order valence-corrected chi connectivity index (χ1v) is 7.74. The van der Waals surface area contributed by atoms with Crippen molar-refractivity contribution in [2.45, 2.75) is 54.4 Å². The Morgan fingerprint density at radius 3 is 1.43 bits per heavy atom. The number of carbonyl (C=O) groups excluding carboxylic acids is 2. The molecular formula is C19H26O4. The maximum absolute atomic E-state index is 12.2. The molecule has 0 bridgehead atoms. The number of aromatic carboxylic acids is 1. The monoisotopic (exact) mass is 318 g/mol. The molecule has 0 spiro atoms. The van der Waals surface area contributed by atoms with Gasteiger partial charge in [-0.25, -0.2) is 4.79 Å². The van der Waals surface area contributed by atoms with Crippen LogP contribution in [0.2, 0.25) is 0 Å². The van der Waals surface area contributed by atoms with Crippen molar-refractivity contribution < 1.29 is 19.5 Å². The quantitative estimate of drug-likeness (QED) is 0.898. The summed E-state index contributed by atoms with van der Waals surface area (Å²) < 4.78 is 0. The molecule has 1 aromatic rings. The van der Waals surface area contributed by atoms with Crippen LogP contribution in [0.1, 0.15) is 63.0 Å². The van der Waals surface area contributed by atoms with E-state index in [1.807, 2.05) is 41.5 Å². The summed E-state index contributed by atoms with van der Waals surface area (Å²) >= 11 is 0. The molecule has 23 heavy (non-hydrogen) atoms. The number of hydrogen-bond acceptors (Lipinski definition) is 3. The highest BCUT2D eigenvalue weighted by atomic mass is 16.4. The minimum absolute atomic E-state index is 0.0284. The summed E-state index contributed by atoms with van der Waals surface area (Å²) in [6.45, 7) is 10.8. The van der Waals surface area contributed by atoms with Crippen molar-refractivity contribution >= 4 is 17.5 Å². The molecule has 0 heterocycles. The highest BCUT2D eigenvalue weighted by Gasteiger charge is 2.27. The Labute approximate surface area is 137 Å². The Balaban J connectivity index is 3.25. The van der Waals surface area contributed by atoms with Crippen LogP contribution in [0.3, 0.4) is 0 Å². The van der Waals surface area contributed by atoms with Gasteiger partial charge in [-0.3, -0.25) is 9.59 Å². The Morgan fingerprint density at radius 2 is 1.17 bits per heavy atom. The van der Waals surface area contributed by atoms with Gasteiger partial charge in [-0.1, -0.05) is 59.7 Å². The first-order valence-electron chi connectivity index (χ1n) is 7.74. The minimum atomic E-state index is -1.10. The molecule has 1 N–H and O–H groups in total. The zero-order chi connectivity index (χ0) is 18.0. The molecule has 0 saturated carbocycles.